The van der Waals surface area contributed by atoms with Crippen molar-refractivity contribution in [3.05, 3.63) is 35.9 Å². The summed E-state index contributed by atoms with van der Waals surface area (Å²) in [5.74, 6) is -4.27. The molecule has 6 heteroatoms. The topological polar surface area (TPSA) is 112 Å². The Kier molecular flexibility index (Phi) is 4.63. The summed E-state index contributed by atoms with van der Waals surface area (Å²) < 4.78 is 0. The molecule has 0 radical (unpaired) electrons. The number of carboxylic acid groups (broad SMARTS) is 3. The first-order valence-corrected chi connectivity index (χ1v) is 5.61. The third-order valence-corrected chi connectivity index (χ3v) is 2.93. The second-order valence-electron chi connectivity index (χ2n) is 4.25. The SMILES string of the molecule is O=C(O)CCC(Cc1ccccc1)(C(=O)O)C(=O)O. The maximum absolute atomic E-state index is 11.3. The Morgan fingerprint density at radius 1 is 0.947 bits per heavy atom. The summed E-state index contributed by atoms with van der Waals surface area (Å²) in [5.41, 5.74) is -1.57. The standard InChI is InChI=1S/C13H14O6/c14-10(15)6-7-13(11(16)17,12(18)19)8-9-4-2-1-3-5-9/h1-5H,6-8H2,(H,14,15)(H,16,17)(H,18,19). The molecular formula is C13H14O6. The molecule has 0 bridgehead atoms. The molecule has 0 spiro atoms. The fraction of sp³-hybridized carbons (Fsp3) is 0.308. The maximum atomic E-state index is 11.3. The molecule has 0 amide bonds. The largest absolute Gasteiger partial charge is 0.481 e. The van der Waals surface area contributed by atoms with Crippen molar-refractivity contribution in [1.29, 1.82) is 0 Å². The van der Waals surface area contributed by atoms with E-state index in [9.17, 15) is 24.6 Å². The molecule has 0 aliphatic heterocycles. The van der Waals surface area contributed by atoms with Crippen LogP contribution in [0.25, 0.3) is 0 Å². The minimum absolute atomic E-state index is 0.244. The van der Waals surface area contributed by atoms with Crippen LogP contribution in [0.15, 0.2) is 30.3 Å². The highest BCUT2D eigenvalue weighted by molar-refractivity contribution is 5.98. The first kappa shape index (κ1) is 14.7. The minimum atomic E-state index is -2.11. The first-order valence-electron chi connectivity index (χ1n) is 5.61. The van der Waals surface area contributed by atoms with Gasteiger partial charge in [0.15, 0.2) is 5.41 Å². The zero-order chi connectivity index (χ0) is 14.5. The van der Waals surface area contributed by atoms with Gasteiger partial charge in [-0.05, 0) is 18.4 Å². The van der Waals surface area contributed by atoms with Gasteiger partial charge in [0.25, 0.3) is 0 Å². The molecule has 3 N–H and O–H groups in total. The number of aliphatic carboxylic acids is 3. The monoisotopic (exact) mass is 266 g/mol. The van der Waals surface area contributed by atoms with E-state index in [0.29, 0.717) is 5.56 Å². The molecule has 0 unspecified atom stereocenters. The van der Waals surface area contributed by atoms with E-state index >= 15 is 0 Å². The Morgan fingerprint density at radius 3 is 1.89 bits per heavy atom. The summed E-state index contributed by atoms with van der Waals surface area (Å²) in [6.45, 7) is 0. The van der Waals surface area contributed by atoms with Crippen LogP contribution in [0.3, 0.4) is 0 Å². The van der Waals surface area contributed by atoms with E-state index in [1.165, 1.54) is 0 Å². The average molecular weight is 266 g/mol. The van der Waals surface area contributed by atoms with Crippen LogP contribution < -0.4 is 0 Å². The second kappa shape index (κ2) is 5.99. The molecule has 0 fully saturated rings. The molecule has 0 aromatic heterocycles. The van der Waals surface area contributed by atoms with Gasteiger partial charge in [-0.3, -0.25) is 14.4 Å². The fourth-order valence-corrected chi connectivity index (χ4v) is 1.81. The highest BCUT2D eigenvalue weighted by atomic mass is 16.4. The number of carbonyl (C=O) groups is 3. The van der Waals surface area contributed by atoms with E-state index in [0.717, 1.165) is 0 Å². The Hall–Kier alpha value is -2.37. The van der Waals surface area contributed by atoms with Gasteiger partial charge < -0.3 is 15.3 Å². The molecular weight excluding hydrogens is 252 g/mol. The Balaban J connectivity index is 3.06. The lowest BCUT2D eigenvalue weighted by atomic mass is 9.77. The maximum Gasteiger partial charge on any atom is 0.321 e. The van der Waals surface area contributed by atoms with E-state index in [1.807, 2.05) is 0 Å². The smallest absolute Gasteiger partial charge is 0.321 e. The van der Waals surface area contributed by atoms with Gasteiger partial charge >= 0.3 is 17.9 Å². The molecule has 0 saturated carbocycles. The van der Waals surface area contributed by atoms with Crippen molar-refractivity contribution >= 4 is 17.9 Å². The number of benzene rings is 1. The summed E-state index contributed by atoms with van der Waals surface area (Å²) in [6.07, 6.45) is -1.21. The zero-order valence-electron chi connectivity index (χ0n) is 10.1. The van der Waals surface area contributed by atoms with Crippen LogP contribution in [0.1, 0.15) is 18.4 Å². The summed E-state index contributed by atoms with van der Waals surface area (Å²) >= 11 is 0. The highest BCUT2D eigenvalue weighted by Gasteiger charge is 2.46. The molecule has 0 atom stereocenters. The van der Waals surface area contributed by atoms with Crippen molar-refractivity contribution in [2.75, 3.05) is 0 Å². The van der Waals surface area contributed by atoms with E-state index in [4.69, 9.17) is 5.11 Å². The van der Waals surface area contributed by atoms with E-state index in [1.54, 1.807) is 30.3 Å². The first-order chi connectivity index (χ1) is 8.88. The van der Waals surface area contributed by atoms with Gasteiger partial charge in [-0.25, -0.2) is 0 Å². The average Bonchev–Trinajstić information content (AvgIpc) is 2.34. The van der Waals surface area contributed by atoms with E-state index in [2.05, 4.69) is 0 Å². The lowest BCUT2D eigenvalue weighted by molar-refractivity contribution is -0.165. The van der Waals surface area contributed by atoms with Crippen molar-refractivity contribution in [3.63, 3.8) is 0 Å². The summed E-state index contributed by atoms with van der Waals surface area (Å²) in [4.78, 5) is 33.2. The minimum Gasteiger partial charge on any atom is -0.481 e. The van der Waals surface area contributed by atoms with Gasteiger partial charge in [-0.15, -0.1) is 0 Å². The van der Waals surface area contributed by atoms with Gasteiger partial charge in [0.1, 0.15) is 0 Å². The fourth-order valence-electron chi connectivity index (χ4n) is 1.81. The van der Waals surface area contributed by atoms with E-state index in [-0.39, 0.29) is 6.42 Å². The number of hydrogen-bond donors (Lipinski definition) is 3. The van der Waals surface area contributed by atoms with E-state index < -0.39 is 36.2 Å². The van der Waals surface area contributed by atoms with Crippen LogP contribution in [0.2, 0.25) is 0 Å². The van der Waals surface area contributed by atoms with Crippen molar-refractivity contribution in [1.82, 2.24) is 0 Å². The summed E-state index contributed by atoms with van der Waals surface area (Å²) in [6, 6.07) is 8.29. The van der Waals surface area contributed by atoms with Crippen molar-refractivity contribution < 1.29 is 29.7 Å². The van der Waals surface area contributed by atoms with Crippen molar-refractivity contribution in [2.45, 2.75) is 19.3 Å². The van der Waals surface area contributed by atoms with Gasteiger partial charge in [0, 0.05) is 6.42 Å². The molecule has 0 aliphatic carbocycles. The lowest BCUT2D eigenvalue weighted by Gasteiger charge is -2.24. The highest BCUT2D eigenvalue weighted by Crippen LogP contribution is 2.30. The van der Waals surface area contributed by atoms with Crippen LogP contribution in [0.5, 0.6) is 0 Å². The summed E-state index contributed by atoms with van der Waals surface area (Å²) in [7, 11) is 0. The quantitative estimate of drug-likeness (QED) is 0.640. The molecule has 102 valence electrons. The Labute approximate surface area is 109 Å². The van der Waals surface area contributed by atoms with Crippen LogP contribution >= 0.6 is 0 Å². The summed E-state index contributed by atoms with van der Waals surface area (Å²) in [5, 5.41) is 27.0. The third kappa shape index (κ3) is 3.54. The number of carboxylic acids is 3. The number of rotatable bonds is 7. The van der Waals surface area contributed by atoms with Crippen molar-refractivity contribution in [2.24, 2.45) is 5.41 Å². The van der Waals surface area contributed by atoms with Crippen LogP contribution in [0.4, 0.5) is 0 Å². The van der Waals surface area contributed by atoms with Gasteiger partial charge in [0.05, 0.1) is 0 Å². The van der Waals surface area contributed by atoms with Gasteiger partial charge in [0.2, 0.25) is 0 Å². The predicted molar refractivity (Wildman–Crippen MR) is 64.7 cm³/mol. The molecule has 0 aliphatic rings. The number of hydrogen-bond acceptors (Lipinski definition) is 3. The van der Waals surface area contributed by atoms with Crippen LogP contribution in [-0.4, -0.2) is 33.2 Å². The molecule has 1 aromatic rings. The molecule has 6 nitrogen and oxygen atoms in total. The molecule has 0 heterocycles. The van der Waals surface area contributed by atoms with Gasteiger partial charge in [-0.1, -0.05) is 30.3 Å². The second-order valence-corrected chi connectivity index (χ2v) is 4.25. The molecule has 1 aromatic carbocycles. The van der Waals surface area contributed by atoms with Gasteiger partial charge in [-0.2, -0.15) is 0 Å². The Morgan fingerprint density at radius 2 is 1.47 bits per heavy atom. The predicted octanol–water partition coefficient (Wildman–Crippen LogP) is 1.25. The van der Waals surface area contributed by atoms with Crippen LogP contribution in [0, 0.1) is 5.41 Å². The molecule has 19 heavy (non-hydrogen) atoms. The third-order valence-electron chi connectivity index (χ3n) is 2.93. The Bertz CT molecular complexity index is 465. The zero-order valence-corrected chi connectivity index (χ0v) is 10.1. The normalized spacial score (nSPS) is 10.9. The molecule has 0 saturated heterocycles. The van der Waals surface area contributed by atoms with Crippen LogP contribution in [-0.2, 0) is 20.8 Å². The van der Waals surface area contributed by atoms with Crippen molar-refractivity contribution in [3.8, 4) is 0 Å². The molecule has 1 rings (SSSR count). The lowest BCUT2D eigenvalue weighted by Crippen LogP contribution is -2.41.